The normalized spacial score (nSPS) is 12.2. The molecule has 1 unspecified atom stereocenters. The summed E-state index contributed by atoms with van der Waals surface area (Å²) >= 11 is 5.07. The van der Waals surface area contributed by atoms with Gasteiger partial charge in [0.05, 0.1) is 6.10 Å². The van der Waals surface area contributed by atoms with E-state index in [0.717, 1.165) is 29.8 Å². The first-order valence-corrected chi connectivity index (χ1v) is 6.12. The lowest BCUT2D eigenvalue weighted by Gasteiger charge is -2.23. The van der Waals surface area contributed by atoms with Crippen molar-refractivity contribution < 1.29 is 5.11 Å². The van der Waals surface area contributed by atoms with Crippen molar-refractivity contribution in [1.82, 2.24) is 0 Å². The second-order valence-electron chi connectivity index (χ2n) is 4.44. The van der Waals surface area contributed by atoms with Crippen molar-refractivity contribution in [2.75, 3.05) is 18.5 Å². The van der Waals surface area contributed by atoms with Crippen molar-refractivity contribution in [3.63, 3.8) is 0 Å². The Kier molecular flexibility index (Phi) is 4.90. The molecule has 0 aromatic heterocycles. The summed E-state index contributed by atoms with van der Waals surface area (Å²) in [6, 6.07) is 6.05. The van der Waals surface area contributed by atoms with Crippen LogP contribution in [0.2, 0.25) is 0 Å². The molecule has 1 aromatic rings. The topological polar surface area (TPSA) is 49.5 Å². The molecule has 0 saturated carbocycles. The van der Waals surface area contributed by atoms with Crippen LogP contribution in [0.5, 0.6) is 0 Å². The molecule has 3 nitrogen and oxygen atoms in total. The zero-order valence-electron chi connectivity index (χ0n) is 10.6. The second kappa shape index (κ2) is 5.98. The van der Waals surface area contributed by atoms with Crippen molar-refractivity contribution in [3.8, 4) is 0 Å². The van der Waals surface area contributed by atoms with Gasteiger partial charge in [-0.2, -0.15) is 0 Å². The zero-order chi connectivity index (χ0) is 13.0. The predicted octanol–water partition coefficient (Wildman–Crippen LogP) is 1.84. The van der Waals surface area contributed by atoms with Crippen LogP contribution in [0, 0.1) is 6.92 Å². The molecule has 0 radical (unpaired) electrons. The van der Waals surface area contributed by atoms with Crippen LogP contribution < -0.4 is 10.6 Å². The molecule has 0 heterocycles. The highest BCUT2D eigenvalue weighted by atomic mass is 32.1. The van der Waals surface area contributed by atoms with Gasteiger partial charge in [0.15, 0.2) is 0 Å². The minimum Gasteiger partial charge on any atom is -0.393 e. The van der Waals surface area contributed by atoms with Crippen molar-refractivity contribution in [2.45, 2.75) is 26.4 Å². The molecule has 1 rings (SSSR count). The van der Waals surface area contributed by atoms with Gasteiger partial charge in [0.1, 0.15) is 4.99 Å². The highest BCUT2D eigenvalue weighted by Gasteiger charge is 2.10. The number of anilines is 1. The average molecular weight is 252 g/mol. The third kappa shape index (κ3) is 3.98. The molecule has 0 saturated heterocycles. The highest BCUT2D eigenvalue weighted by molar-refractivity contribution is 7.80. The maximum atomic E-state index is 9.29. The van der Waals surface area contributed by atoms with Crippen molar-refractivity contribution in [1.29, 1.82) is 0 Å². The molecule has 0 spiro atoms. The van der Waals surface area contributed by atoms with Crippen LogP contribution >= 0.6 is 12.2 Å². The van der Waals surface area contributed by atoms with Crippen LogP contribution in [0.3, 0.4) is 0 Å². The van der Waals surface area contributed by atoms with Gasteiger partial charge < -0.3 is 15.7 Å². The highest BCUT2D eigenvalue weighted by Crippen LogP contribution is 2.21. The van der Waals surface area contributed by atoms with Crippen LogP contribution in [-0.2, 0) is 0 Å². The number of rotatable bonds is 5. The van der Waals surface area contributed by atoms with Gasteiger partial charge in [-0.15, -0.1) is 0 Å². The van der Waals surface area contributed by atoms with E-state index in [1.54, 1.807) is 6.92 Å². The van der Waals surface area contributed by atoms with E-state index in [-0.39, 0.29) is 6.10 Å². The maximum absolute atomic E-state index is 9.29. The van der Waals surface area contributed by atoms with Gasteiger partial charge in [-0.1, -0.05) is 23.8 Å². The maximum Gasteiger partial charge on any atom is 0.106 e. The first-order chi connectivity index (χ1) is 7.91. The number of nitrogens with zero attached hydrogens (tertiary/aromatic N) is 1. The Morgan fingerprint density at radius 1 is 1.53 bits per heavy atom. The molecular weight excluding hydrogens is 232 g/mol. The van der Waals surface area contributed by atoms with Gasteiger partial charge in [-0.3, -0.25) is 0 Å². The second-order valence-corrected chi connectivity index (χ2v) is 4.88. The van der Waals surface area contributed by atoms with E-state index in [0.29, 0.717) is 4.99 Å². The molecule has 0 aliphatic heterocycles. The van der Waals surface area contributed by atoms with E-state index in [4.69, 9.17) is 18.0 Å². The molecule has 0 amide bonds. The van der Waals surface area contributed by atoms with Gasteiger partial charge in [0.2, 0.25) is 0 Å². The Morgan fingerprint density at radius 3 is 2.71 bits per heavy atom. The molecular formula is C13H20N2OS. The zero-order valence-corrected chi connectivity index (χ0v) is 11.4. The summed E-state index contributed by atoms with van der Waals surface area (Å²) in [6.45, 7) is 4.58. The van der Waals surface area contributed by atoms with Gasteiger partial charge in [0, 0.05) is 24.8 Å². The molecule has 94 valence electrons. The smallest absolute Gasteiger partial charge is 0.106 e. The lowest BCUT2D eigenvalue weighted by Crippen LogP contribution is -2.25. The molecule has 17 heavy (non-hydrogen) atoms. The molecule has 3 N–H and O–H groups in total. The predicted molar refractivity (Wildman–Crippen MR) is 76.6 cm³/mol. The fourth-order valence-electron chi connectivity index (χ4n) is 1.68. The fourth-order valence-corrected chi connectivity index (χ4v) is 1.84. The quantitative estimate of drug-likeness (QED) is 0.785. The average Bonchev–Trinajstić information content (AvgIpc) is 2.25. The number of benzene rings is 1. The van der Waals surface area contributed by atoms with Crippen LogP contribution in [0.4, 0.5) is 5.69 Å². The summed E-state index contributed by atoms with van der Waals surface area (Å²) in [7, 11) is 1.98. The Morgan fingerprint density at radius 2 is 2.18 bits per heavy atom. The lowest BCUT2D eigenvalue weighted by molar-refractivity contribution is 0.187. The summed E-state index contributed by atoms with van der Waals surface area (Å²) in [6.07, 6.45) is 0.428. The third-order valence-corrected chi connectivity index (χ3v) is 2.93. The number of nitrogens with two attached hydrogens (primary N) is 1. The largest absolute Gasteiger partial charge is 0.393 e. The minimum absolute atomic E-state index is 0.295. The molecule has 0 bridgehead atoms. The summed E-state index contributed by atoms with van der Waals surface area (Å²) in [5, 5.41) is 9.29. The van der Waals surface area contributed by atoms with Crippen molar-refractivity contribution in [3.05, 3.63) is 29.3 Å². The van der Waals surface area contributed by atoms with Crippen LogP contribution in [0.1, 0.15) is 24.5 Å². The van der Waals surface area contributed by atoms with E-state index in [1.165, 1.54) is 0 Å². The SMILES string of the molecule is Cc1ccc(N(C)CCC(C)O)c(C(N)=S)c1. The Balaban J connectivity index is 2.92. The molecule has 0 aliphatic carbocycles. The van der Waals surface area contributed by atoms with Gasteiger partial charge in [-0.25, -0.2) is 0 Å². The van der Waals surface area contributed by atoms with E-state index < -0.39 is 0 Å². The van der Waals surface area contributed by atoms with Gasteiger partial charge in [-0.05, 0) is 32.4 Å². The lowest BCUT2D eigenvalue weighted by atomic mass is 10.1. The molecule has 1 atom stereocenters. The Hall–Kier alpha value is -1.13. The summed E-state index contributed by atoms with van der Waals surface area (Å²) < 4.78 is 0. The van der Waals surface area contributed by atoms with Crippen LogP contribution in [0.25, 0.3) is 0 Å². The van der Waals surface area contributed by atoms with Crippen molar-refractivity contribution in [2.24, 2.45) is 5.73 Å². The summed E-state index contributed by atoms with van der Waals surface area (Å²) in [5.41, 5.74) is 8.79. The number of aryl methyl sites for hydroxylation is 1. The van der Waals surface area contributed by atoms with E-state index in [2.05, 4.69) is 4.90 Å². The molecule has 0 fully saturated rings. The van der Waals surface area contributed by atoms with E-state index in [9.17, 15) is 5.11 Å². The number of aliphatic hydroxyl groups excluding tert-OH is 1. The molecule has 4 heteroatoms. The third-order valence-electron chi connectivity index (χ3n) is 2.71. The first kappa shape index (κ1) is 13.9. The fraction of sp³-hybridized carbons (Fsp3) is 0.462. The summed E-state index contributed by atoms with van der Waals surface area (Å²) in [5.74, 6) is 0. The Labute approximate surface area is 108 Å². The van der Waals surface area contributed by atoms with Gasteiger partial charge >= 0.3 is 0 Å². The number of hydrogen-bond acceptors (Lipinski definition) is 3. The standard InChI is InChI=1S/C13H20N2OS/c1-9-4-5-12(11(8-9)13(14)17)15(3)7-6-10(2)16/h4-5,8,10,16H,6-7H2,1-3H3,(H2,14,17). The first-order valence-electron chi connectivity index (χ1n) is 5.71. The summed E-state index contributed by atoms with van der Waals surface area (Å²) in [4.78, 5) is 2.48. The van der Waals surface area contributed by atoms with E-state index >= 15 is 0 Å². The Bertz CT molecular complexity index is 404. The number of aliphatic hydroxyl groups is 1. The monoisotopic (exact) mass is 252 g/mol. The number of hydrogen-bond donors (Lipinski definition) is 2. The van der Waals surface area contributed by atoms with Crippen molar-refractivity contribution >= 4 is 22.9 Å². The molecule has 0 aliphatic rings. The molecule has 1 aromatic carbocycles. The number of thiocarbonyl (C=S) groups is 1. The van der Waals surface area contributed by atoms with Crippen LogP contribution in [-0.4, -0.2) is 29.8 Å². The van der Waals surface area contributed by atoms with Gasteiger partial charge in [0.25, 0.3) is 0 Å². The minimum atomic E-state index is -0.295. The van der Waals surface area contributed by atoms with Crippen LogP contribution in [0.15, 0.2) is 18.2 Å². The van der Waals surface area contributed by atoms with E-state index in [1.807, 2.05) is 32.2 Å².